The van der Waals surface area contributed by atoms with Crippen LogP contribution in [-0.2, 0) is 17.8 Å². The number of alkyl halides is 2. The van der Waals surface area contributed by atoms with Crippen LogP contribution in [0, 0.1) is 0 Å². The Kier molecular flexibility index (Phi) is 4.22. The summed E-state index contributed by atoms with van der Waals surface area (Å²) in [5.74, 6) is 0. The summed E-state index contributed by atoms with van der Waals surface area (Å²) in [6.45, 7) is 0.195. The van der Waals surface area contributed by atoms with E-state index in [-0.39, 0.29) is 34.3 Å². The number of ether oxygens (including phenoxy) is 1. The molecule has 2 aromatic heterocycles. The summed E-state index contributed by atoms with van der Waals surface area (Å²) < 4.78 is 48.2. The Hall–Kier alpha value is -1.81. The molecule has 3 rings (SSSR count). The lowest BCUT2D eigenvalue weighted by Crippen LogP contribution is -2.29. The minimum Gasteiger partial charge on any atom is -0.377 e. The van der Waals surface area contributed by atoms with Crippen molar-refractivity contribution in [3.05, 3.63) is 16.4 Å². The molecule has 10 heteroatoms. The van der Waals surface area contributed by atoms with E-state index < -0.39 is 18.7 Å². The molecule has 1 aliphatic rings. The van der Waals surface area contributed by atoms with E-state index in [1.54, 1.807) is 0 Å². The lowest BCUT2D eigenvalue weighted by atomic mass is 10.2. The summed E-state index contributed by atoms with van der Waals surface area (Å²) in [4.78, 5) is 17.6. The number of methoxy groups -OCH3 is 1. The number of halogens is 2. The summed E-state index contributed by atoms with van der Waals surface area (Å²) >= 11 is 0.837. The third kappa shape index (κ3) is 3.20. The first-order valence-corrected chi connectivity index (χ1v) is 8.36. The molecule has 2 aromatic rings. The first kappa shape index (κ1) is 14.5. The minimum absolute atomic E-state index is 0.0143. The van der Waals surface area contributed by atoms with Crippen molar-refractivity contribution in [1.82, 2.24) is 24.8 Å². The summed E-state index contributed by atoms with van der Waals surface area (Å²) in [5.41, 5.74) is -0.364. The lowest BCUT2D eigenvalue weighted by Gasteiger charge is -2.14. The molecule has 24 heavy (non-hydrogen) atoms. The summed E-state index contributed by atoms with van der Waals surface area (Å²) in [6, 6.07) is -0.333. The molecule has 0 bridgehead atoms. The van der Waals surface area contributed by atoms with Crippen LogP contribution in [0.25, 0.3) is 4.96 Å². The average molecular weight is 361 g/mol. The van der Waals surface area contributed by atoms with E-state index in [2.05, 4.69) is 15.4 Å². The van der Waals surface area contributed by atoms with E-state index in [0.717, 1.165) is 24.2 Å². The smallest absolute Gasteiger partial charge is 0.318 e. The zero-order valence-electron chi connectivity index (χ0n) is 15.3. The van der Waals surface area contributed by atoms with E-state index in [0.29, 0.717) is 6.54 Å². The van der Waals surface area contributed by atoms with Gasteiger partial charge in [-0.1, -0.05) is 24.7 Å². The standard InChI is InChI=1S/C14H19F2N5O2S/c1-3-4-8-5-20(13(22)17-8)6-9-11(12(15)16)18-14-21(9)19-10(24-14)7-23-2/h8,12H,3-7H2,1-2H3,(H,17,22)/t8-/m1/s1/i7D2. The molecule has 132 valence electrons. The van der Waals surface area contributed by atoms with Gasteiger partial charge in [0.05, 0.1) is 21.5 Å². The van der Waals surface area contributed by atoms with Gasteiger partial charge in [0.15, 0.2) is 0 Å². The van der Waals surface area contributed by atoms with Crippen molar-refractivity contribution >= 4 is 22.3 Å². The van der Waals surface area contributed by atoms with Crippen LogP contribution < -0.4 is 5.32 Å². The Morgan fingerprint density at radius 3 is 3.04 bits per heavy atom. The van der Waals surface area contributed by atoms with Crippen LogP contribution in [0.4, 0.5) is 13.6 Å². The number of carbonyl (C=O) groups is 1. The van der Waals surface area contributed by atoms with Crippen molar-refractivity contribution in [2.24, 2.45) is 0 Å². The zero-order valence-corrected chi connectivity index (χ0v) is 14.1. The normalized spacial score (nSPS) is 20.0. The number of amides is 2. The van der Waals surface area contributed by atoms with Crippen molar-refractivity contribution in [3.8, 4) is 0 Å². The van der Waals surface area contributed by atoms with Crippen LogP contribution in [0.5, 0.6) is 0 Å². The highest BCUT2D eigenvalue weighted by Crippen LogP contribution is 2.28. The van der Waals surface area contributed by atoms with Crippen LogP contribution >= 0.6 is 11.3 Å². The highest BCUT2D eigenvalue weighted by Gasteiger charge is 2.31. The number of rotatable bonds is 7. The van der Waals surface area contributed by atoms with E-state index in [1.165, 1.54) is 16.5 Å². The third-order valence-electron chi connectivity index (χ3n) is 3.76. The van der Waals surface area contributed by atoms with E-state index in [4.69, 9.17) is 7.48 Å². The number of carbonyl (C=O) groups excluding carboxylic acids is 1. The minimum atomic E-state index is -2.82. The molecule has 1 N–H and O–H groups in total. The van der Waals surface area contributed by atoms with Crippen molar-refractivity contribution in [2.75, 3.05) is 13.7 Å². The molecule has 7 nitrogen and oxygen atoms in total. The van der Waals surface area contributed by atoms with Gasteiger partial charge in [-0.3, -0.25) is 0 Å². The Labute approximate surface area is 144 Å². The number of fused-ring (bicyclic) bond motifs is 1. The maximum Gasteiger partial charge on any atom is 0.318 e. The molecule has 0 saturated carbocycles. The fraction of sp³-hybridized carbons (Fsp3) is 0.643. The average Bonchev–Trinajstić information content (AvgIpc) is 3.23. The van der Waals surface area contributed by atoms with Crippen LogP contribution in [0.1, 0.15) is 45.3 Å². The molecule has 1 aliphatic heterocycles. The number of hydrogen-bond acceptors (Lipinski definition) is 5. The largest absolute Gasteiger partial charge is 0.377 e. The monoisotopic (exact) mass is 361 g/mol. The zero-order chi connectivity index (χ0) is 19.1. The number of nitrogens with one attached hydrogen (secondary N) is 1. The van der Waals surface area contributed by atoms with Crippen molar-refractivity contribution in [3.63, 3.8) is 0 Å². The van der Waals surface area contributed by atoms with Gasteiger partial charge in [-0.05, 0) is 6.42 Å². The summed E-state index contributed by atoms with van der Waals surface area (Å²) in [5, 5.41) is 6.86. The second kappa shape index (κ2) is 6.98. The van der Waals surface area contributed by atoms with Crippen molar-refractivity contribution in [2.45, 2.75) is 45.3 Å². The maximum atomic E-state index is 13.4. The Bertz CT molecular complexity index is 813. The van der Waals surface area contributed by atoms with Gasteiger partial charge in [0.25, 0.3) is 6.43 Å². The van der Waals surface area contributed by atoms with Gasteiger partial charge in [0, 0.05) is 19.7 Å². The fourth-order valence-corrected chi connectivity index (χ4v) is 3.55. The van der Waals surface area contributed by atoms with Crippen LogP contribution in [0.2, 0.25) is 0 Å². The van der Waals surface area contributed by atoms with Crippen LogP contribution in [-0.4, -0.2) is 45.2 Å². The van der Waals surface area contributed by atoms with Crippen molar-refractivity contribution in [1.29, 1.82) is 0 Å². The van der Waals surface area contributed by atoms with Crippen LogP contribution in [0.3, 0.4) is 0 Å². The Morgan fingerprint density at radius 2 is 2.38 bits per heavy atom. The van der Waals surface area contributed by atoms with Gasteiger partial charge < -0.3 is 15.0 Å². The van der Waals surface area contributed by atoms with Gasteiger partial charge in [0.1, 0.15) is 10.7 Å². The second-order valence-electron chi connectivity index (χ2n) is 5.47. The first-order chi connectivity index (χ1) is 12.3. The highest BCUT2D eigenvalue weighted by atomic mass is 32.1. The molecule has 1 atom stereocenters. The topological polar surface area (TPSA) is 71.8 Å². The molecule has 0 aromatic carbocycles. The highest BCUT2D eigenvalue weighted by molar-refractivity contribution is 7.16. The number of urea groups is 1. The molecule has 2 amide bonds. The molecular formula is C14H19F2N5O2S. The van der Waals surface area contributed by atoms with Crippen molar-refractivity contribution < 1.29 is 21.1 Å². The SMILES string of the molecule is [2H]C([2H])(OC)c1nn2c(CN3C[C@@H](CCC)NC3=O)c(C(F)F)nc2s1. The predicted molar refractivity (Wildman–Crippen MR) is 84.2 cm³/mol. The molecule has 1 fully saturated rings. The van der Waals surface area contributed by atoms with Gasteiger partial charge in [-0.25, -0.2) is 23.1 Å². The Balaban J connectivity index is 1.95. The Morgan fingerprint density at radius 1 is 1.58 bits per heavy atom. The van der Waals surface area contributed by atoms with Gasteiger partial charge in [0.2, 0.25) is 4.96 Å². The molecule has 3 heterocycles. The molecule has 1 saturated heterocycles. The fourth-order valence-electron chi connectivity index (χ4n) is 2.75. The molecular weight excluding hydrogens is 340 g/mol. The molecule has 0 spiro atoms. The van der Waals surface area contributed by atoms with E-state index in [1.807, 2.05) is 6.92 Å². The number of aromatic nitrogens is 3. The molecule has 0 unspecified atom stereocenters. The van der Waals surface area contributed by atoms with E-state index >= 15 is 0 Å². The summed E-state index contributed by atoms with van der Waals surface area (Å²) in [7, 11) is 1.19. The molecule has 0 radical (unpaired) electrons. The quantitative estimate of drug-likeness (QED) is 0.823. The van der Waals surface area contributed by atoms with Gasteiger partial charge in [-0.2, -0.15) is 5.10 Å². The predicted octanol–water partition coefficient (Wildman–Crippen LogP) is 2.57. The first-order valence-electron chi connectivity index (χ1n) is 8.54. The second-order valence-corrected chi connectivity index (χ2v) is 6.42. The summed E-state index contributed by atoms with van der Waals surface area (Å²) in [6.07, 6.45) is -1.11. The van der Waals surface area contributed by atoms with E-state index in [9.17, 15) is 13.6 Å². The molecule has 0 aliphatic carbocycles. The lowest BCUT2D eigenvalue weighted by molar-refractivity contribution is 0.143. The number of nitrogens with zero attached hydrogens (tertiary/aromatic N) is 4. The number of hydrogen-bond donors (Lipinski definition) is 1. The van der Waals surface area contributed by atoms with Gasteiger partial charge in [-0.15, -0.1) is 0 Å². The van der Waals surface area contributed by atoms with Gasteiger partial charge >= 0.3 is 6.03 Å². The third-order valence-corrected chi connectivity index (χ3v) is 4.56. The number of imidazole rings is 1. The maximum absolute atomic E-state index is 13.4. The van der Waals surface area contributed by atoms with Crippen LogP contribution in [0.15, 0.2) is 0 Å².